The van der Waals surface area contributed by atoms with Crippen LogP contribution < -0.4 is 9.80 Å². The molecule has 4 nitrogen and oxygen atoms in total. The van der Waals surface area contributed by atoms with Crippen molar-refractivity contribution in [3.05, 3.63) is 204 Å². The number of para-hydroxylation sites is 4. The van der Waals surface area contributed by atoms with E-state index >= 15 is 8.78 Å². The zero-order valence-electron chi connectivity index (χ0n) is 51.3. The maximum atomic E-state index is 18.3. The molecule has 0 aliphatic carbocycles. The van der Waals surface area contributed by atoms with Gasteiger partial charge in [-0.25, -0.2) is 4.98 Å². The molecule has 10 rings (SSSR count). The standard InChI is InChI=1S/C57H50F2N4/c1-55(2,3)40-30-31-60-53(36-40)63-49-25-14-13-22-47(49)48-29-28-41(35-52(48)63)57(58,59)43-32-42(56(4,5)6)33-44(34-43)61-37-62(51-27-16-15-26-50(51)61)54-45(38-18-9-7-10-19-38)23-17-24-46(54)39-20-11-8-12-21-39/h7-36H,37H2,1-6H3/i7D,8D,9D,10D,11D,12D,13D,14D,18D,19D,20D,21D,22D,25D,28D,29D. The van der Waals surface area contributed by atoms with Gasteiger partial charge in [-0.1, -0.05) is 163 Å². The third-order valence-electron chi connectivity index (χ3n) is 11.5. The minimum Gasteiger partial charge on any atom is -0.321 e. The van der Waals surface area contributed by atoms with Crippen molar-refractivity contribution in [2.75, 3.05) is 16.5 Å². The van der Waals surface area contributed by atoms with E-state index < -0.39 is 125 Å². The third kappa shape index (κ3) is 7.04. The number of aromatic nitrogens is 2. The van der Waals surface area contributed by atoms with Gasteiger partial charge in [-0.05, 0) is 87.7 Å². The van der Waals surface area contributed by atoms with E-state index in [2.05, 4.69) is 4.98 Å². The summed E-state index contributed by atoms with van der Waals surface area (Å²) in [7, 11) is 0. The van der Waals surface area contributed by atoms with Gasteiger partial charge in [0, 0.05) is 44.9 Å². The molecule has 9 aromatic rings. The second kappa shape index (κ2) is 15.1. The fourth-order valence-corrected chi connectivity index (χ4v) is 8.17. The SMILES string of the molecule is [2H]c1c([2H])c([2H])c(-c2cccc(-c3c([2H])c([2H])c([2H])c([2H])c3[2H])c2N2CN(c3cc(C(C)(C)C)cc(C(F)(F)c4cc5c(c([2H])c4[2H])c4c([2H])c([2H])c([2H])c([2H])c4n5-c4cc(C(C)(C)C)ccn4)c3)c3ccccc32)c([2H])c1[2H]. The monoisotopic (exact) mass is 845 g/mol. The molecule has 0 unspecified atom stereocenters. The lowest BCUT2D eigenvalue weighted by molar-refractivity contribution is 0.0428. The first-order valence-corrected chi connectivity index (χ1v) is 20.4. The lowest BCUT2D eigenvalue weighted by Crippen LogP contribution is -2.26. The zero-order valence-corrected chi connectivity index (χ0v) is 35.3. The van der Waals surface area contributed by atoms with Crippen molar-refractivity contribution in [1.29, 1.82) is 0 Å². The molecule has 7 aromatic carbocycles. The van der Waals surface area contributed by atoms with E-state index in [9.17, 15) is 2.74 Å². The van der Waals surface area contributed by atoms with E-state index in [4.69, 9.17) is 19.2 Å². The lowest BCUT2D eigenvalue weighted by Gasteiger charge is -2.29. The van der Waals surface area contributed by atoms with E-state index in [1.165, 1.54) is 41.1 Å². The van der Waals surface area contributed by atoms with E-state index in [0.29, 0.717) is 16.9 Å². The number of hydrogen-bond acceptors (Lipinski definition) is 3. The first-order chi connectivity index (χ1) is 36.9. The molecule has 0 saturated carbocycles. The van der Waals surface area contributed by atoms with Crippen LogP contribution in [-0.4, -0.2) is 16.2 Å². The van der Waals surface area contributed by atoms with Crippen LogP contribution in [0.2, 0.25) is 0 Å². The number of fused-ring (bicyclic) bond motifs is 4. The largest absolute Gasteiger partial charge is 0.321 e. The van der Waals surface area contributed by atoms with E-state index in [0.717, 1.165) is 11.6 Å². The highest BCUT2D eigenvalue weighted by Gasteiger charge is 2.38. The Labute approximate surface area is 391 Å². The number of halogens is 2. The Bertz CT molecular complexity index is 3960. The first kappa shape index (κ1) is 25.8. The van der Waals surface area contributed by atoms with Crippen LogP contribution in [0.5, 0.6) is 0 Å². The first-order valence-electron chi connectivity index (χ1n) is 28.4. The molecule has 312 valence electrons. The molecule has 3 heterocycles. The lowest BCUT2D eigenvalue weighted by atomic mass is 9.84. The summed E-state index contributed by atoms with van der Waals surface area (Å²) in [6.45, 7) is 11.1. The van der Waals surface area contributed by atoms with Crippen molar-refractivity contribution in [2.45, 2.75) is 58.3 Å². The van der Waals surface area contributed by atoms with Crippen LogP contribution in [-0.2, 0) is 16.8 Å². The van der Waals surface area contributed by atoms with Crippen molar-refractivity contribution in [3.63, 3.8) is 0 Å². The van der Waals surface area contributed by atoms with Crippen LogP contribution in [0.15, 0.2) is 182 Å². The van der Waals surface area contributed by atoms with Crippen molar-refractivity contribution >= 4 is 44.6 Å². The predicted octanol–water partition coefficient (Wildman–Crippen LogP) is 15.5. The Morgan fingerprint density at radius 1 is 0.524 bits per heavy atom. The normalized spacial score (nSPS) is 16.8. The summed E-state index contributed by atoms with van der Waals surface area (Å²) in [4.78, 5) is 7.96. The Morgan fingerprint density at radius 3 is 1.76 bits per heavy atom. The van der Waals surface area contributed by atoms with Crippen LogP contribution >= 0.6 is 0 Å². The van der Waals surface area contributed by atoms with Gasteiger partial charge in [0.1, 0.15) is 12.5 Å². The number of anilines is 4. The molecule has 0 fully saturated rings. The number of rotatable bonds is 7. The van der Waals surface area contributed by atoms with E-state index in [1.807, 2.05) is 41.5 Å². The fraction of sp³-hybridized carbons (Fsp3) is 0.175. The zero-order chi connectivity index (χ0) is 57.6. The highest BCUT2D eigenvalue weighted by molar-refractivity contribution is 6.09. The van der Waals surface area contributed by atoms with Gasteiger partial charge in [0.2, 0.25) is 0 Å². The number of benzene rings is 7. The summed E-state index contributed by atoms with van der Waals surface area (Å²) >= 11 is 0. The highest BCUT2D eigenvalue weighted by Crippen LogP contribution is 2.51. The molecular formula is C57H50F2N4. The van der Waals surface area contributed by atoms with Gasteiger partial charge in [-0.3, -0.25) is 4.57 Å². The maximum Gasteiger partial charge on any atom is 0.298 e. The Morgan fingerprint density at radius 2 is 1.11 bits per heavy atom. The molecular weight excluding hydrogens is 779 g/mol. The summed E-state index contributed by atoms with van der Waals surface area (Å²) in [5.74, 6) is -3.92. The quantitative estimate of drug-likeness (QED) is 0.160. The summed E-state index contributed by atoms with van der Waals surface area (Å²) < 4.78 is 180. The van der Waals surface area contributed by atoms with Crippen molar-refractivity contribution in [1.82, 2.24) is 9.55 Å². The molecule has 0 radical (unpaired) electrons. The highest BCUT2D eigenvalue weighted by atomic mass is 19.3. The van der Waals surface area contributed by atoms with Crippen molar-refractivity contribution in [2.24, 2.45) is 0 Å². The number of pyridine rings is 1. The second-order valence-electron chi connectivity index (χ2n) is 17.6. The smallest absolute Gasteiger partial charge is 0.298 e. The Hall–Kier alpha value is -7.05. The molecule has 0 saturated heterocycles. The summed E-state index contributed by atoms with van der Waals surface area (Å²) in [6.07, 6.45) is 1.51. The fourth-order valence-electron chi connectivity index (χ4n) is 8.17. The second-order valence-corrected chi connectivity index (χ2v) is 17.6. The van der Waals surface area contributed by atoms with Gasteiger partial charge in [0.05, 0.1) is 50.0 Å². The van der Waals surface area contributed by atoms with E-state index in [1.54, 1.807) is 52.3 Å². The van der Waals surface area contributed by atoms with Gasteiger partial charge < -0.3 is 9.80 Å². The molecule has 1 aliphatic rings. The Kier molecular flexibility index (Phi) is 6.18. The maximum absolute atomic E-state index is 18.3. The molecule has 0 atom stereocenters. The molecule has 6 heteroatoms. The molecule has 63 heavy (non-hydrogen) atoms. The predicted molar refractivity (Wildman–Crippen MR) is 258 cm³/mol. The number of alkyl halides is 2. The van der Waals surface area contributed by atoms with Crippen LogP contribution in [0.25, 0.3) is 49.9 Å². The van der Waals surface area contributed by atoms with E-state index in [-0.39, 0.29) is 67.9 Å². The van der Waals surface area contributed by atoms with Gasteiger partial charge in [0.25, 0.3) is 5.92 Å². The molecule has 2 aromatic heterocycles. The minimum absolute atomic E-state index is 0.0453. The Balaban J connectivity index is 1.22. The van der Waals surface area contributed by atoms with Gasteiger partial charge >= 0.3 is 0 Å². The van der Waals surface area contributed by atoms with Crippen LogP contribution in [0.3, 0.4) is 0 Å². The molecule has 0 amide bonds. The summed E-state index contributed by atoms with van der Waals surface area (Å²) in [6, 6.07) is 10.3. The minimum atomic E-state index is -4.06. The molecule has 0 bridgehead atoms. The van der Waals surface area contributed by atoms with Crippen molar-refractivity contribution < 1.29 is 30.7 Å². The average Bonchev–Trinajstić information content (AvgIpc) is 4.00. The molecule has 0 N–H and O–H groups in total. The molecule has 1 aliphatic heterocycles. The van der Waals surface area contributed by atoms with Crippen LogP contribution in [0, 0.1) is 0 Å². The topological polar surface area (TPSA) is 24.3 Å². The van der Waals surface area contributed by atoms with Crippen LogP contribution in [0.1, 0.15) is 85.7 Å². The van der Waals surface area contributed by atoms with Gasteiger partial charge in [-0.15, -0.1) is 0 Å². The average molecular weight is 845 g/mol. The third-order valence-corrected chi connectivity index (χ3v) is 11.5. The van der Waals surface area contributed by atoms with Gasteiger partial charge in [0.15, 0.2) is 0 Å². The summed E-state index contributed by atoms with van der Waals surface area (Å²) in [5, 5.41) is -0.270. The number of hydrogen-bond donors (Lipinski definition) is 0. The van der Waals surface area contributed by atoms with Crippen LogP contribution in [0.4, 0.5) is 31.5 Å². The van der Waals surface area contributed by atoms with Crippen molar-refractivity contribution in [3.8, 4) is 28.1 Å². The molecule has 0 spiro atoms. The van der Waals surface area contributed by atoms with Gasteiger partial charge in [-0.2, -0.15) is 8.78 Å². The summed E-state index contributed by atoms with van der Waals surface area (Å²) in [5.41, 5.74) is -0.969. The number of nitrogens with zero attached hydrogens (tertiary/aromatic N) is 4.